The van der Waals surface area contributed by atoms with Crippen LogP contribution in [0.15, 0.2) is 27.9 Å². The van der Waals surface area contributed by atoms with Crippen LogP contribution in [0, 0.1) is 0 Å². The Labute approximate surface area is 150 Å². The topological polar surface area (TPSA) is 142 Å². The summed E-state index contributed by atoms with van der Waals surface area (Å²) in [6, 6.07) is 3.67. The second-order valence-electron chi connectivity index (χ2n) is 6.08. The number of carbonyl (C=O) groups excluding carboxylic acids is 1. The lowest BCUT2D eigenvalue weighted by molar-refractivity contribution is -0.134. The average Bonchev–Trinajstić information content (AvgIpc) is 3.00. The number of ether oxygens (including phenoxy) is 1. The standard InChI is InChI=1S/C15H21N5O5S/c1-25-9-11(16)14(21)19-4-6-20(7-5-19)26(23,24)10-2-3-12-13(8-10)18-15(22)17-12/h2-3,8,11H,4-7,9,16H2,1H3,(H2,17,18,22). The molecule has 1 aliphatic rings. The number of amides is 1. The van der Waals surface area contributed by atoms with E-state index in [1.165, 1.54) is 23.5 Å². The maximum absolute atomic E-state index is 12.8. The largest absolute Gasteiger partial charge is 0.383 e. The molecule has 10 nitrogen and oxygen atoms in total. The van der Waals surface area contributed by atoms with E-state index in [1.807, 2.05) is 0 Å². The predicted molar refractivity (Wildman–Crippen MR) is 94.1 cm³/mol. The molecule has 1 aromatic heterocycles. The van der Waals surface area contributed by atoms with E-state index in [0.29, 0.717) is 11.0 Å². The highest BCUT2D eigenvalue weighted by Gasteiger charge is 2.31. The molecule has 1 fully saturated rings. The Morgan fingerprint density at radius 3 is 2.54 bits per heavy atom. The van der Waals surface area contributed by atoms with Crippen molar-refractivity contribution in [2.24, 2.45) is 5.73 Å². The van der Waals surface area contributed by atoms with Crippen LogP contribution in [0.1, 0.15) is 0 Å². The Morgan fingerprint density at radius 2 is 1.88 bits per heavy atom. The number of imidazole rings is 1. The fraction of sp³-hybridized carbons (Fsp3) is 0.467. The molecule has 142 valence electrons. The molecule has 1 atom stereocenters. The first kappa shape index (κ1) is 18.6. The van der Waals surface area contributed by atoms with Gasteiger partial charge in [0.1, 0.15) is 6.04 Å². The quantitative estimate of drug-likeness (QED) is 0.584. The third-order valence-electron chi connectivity index (χ3n) is 4.34. The van der Waals surface area contributed by atoms with E-state index >= 15 is 0 Å². The molecule has 2 heterocycles. The lowest BCUT2D eigenvalue weighted by atomic mass is 10.2. The van der Waals surface area contributed by atoms with Crippen LogP contribution < -0.4 is 11.4 Å². The highest BCUT2D eigenvalue weighted by Crippen LogP contribution is 2.20. The molecular formula is C15H21N5O5S. The van der Waals surface area contributed by atoms with Gasteiger partial charge in [0.25, 0.3) is 0 Å². The number of carbonyl (C=O) groups is 1. The Balaban J connectivity index is 1.73. The van der Waals surface area contributed by atoms with Crippen LogP contribution in [0.25, 0.3) is 11.0 Å². The van der Waals surface area contributed by atoms with Gasteiger partial charge in [0, 0.05) is 33.3 Å². The van der Waals surface area contributed by atoms with E-state index in [9.17, 15) is 18.0 Å². The number of nitrogens with one attached hydrogen (secondary N) is 2. The van der Waals surface area contributed by atoms with Crippen molar-refractivity contribution in [3.63, 3.8) is 0 Å². The molecule has 1 unspecified atom stereocenters. The molecule has 0 saturated carbocycles. The summed E-state index contributed by atoms with van der Waals surface area (Å²) >= 11 is 0. The minimum absolute atomic E-state index is 0.0936. The Hall–Kier alpha value is -2.21. The zero-order valence-corrected chi connectivity index (χ0v) is 15.1. The molecular weight excluding hydrogens is 362 g/mol. The summed E-state index contributed by atoms with van der Waals surface area (Å²) in [6.07, 6.45) is 0. The van der Waals surface area contributed by atoms with Crippen LogP contribution in [-0.2, 0) is 19.6 Å². The fourth-order valence-electron chi connectivity index (χ4n) is 2.96. The normalized spacial score (nSPS) is 17.5. The zero-order valence-electron chi connectivity index (χ0n) is 14.3. The lowest BCUT2D eigenvalue weighted by Crippen LogP contribution is -2.55. The highest BCUT2D eigenvalue weighted by molar-refractivity contribution is 7.89. The van der Waals surface area contributed by atoms with Crippen molar-refractivity contribution >= 4 is 27.0 Å². The molecule has 1 aliphatic heterocycles. The number of piperazine rings is 1. The van der Waals surface area contributed by atoms with Gasteiger partial charge in [-0.05, 0) is 18.2 Å². The second kappa shape index (κ2) is 7.19. The zero-order chi connectivity index (χ0) is 18.9. The molecule has 4 N–H and O–H groups in total. The average molecular weight is 383 g/mol. The smallest absolute Gasteiger partial charge is 0.323 e. The molecule has 0 bridgehead atoms. The summed E-state index contributed by atoms with van der Waals surface area (Å²) in [5.74, 6) is -0.254. The Morgan fingerprint density at radius 1 is 1.23 bits per heavy atom. The van der Waals surface area contributed by atoms with Crippen molar-refractivity contribution in [2.45, 2.75) is 10.9 Å². The van der Waals surface area contributed by atoms with Crippen LogP contribution in [0.4, 0.5) is 0 Å². The number of nitrogens with zero attached hydrogens (tertiary/aromatic N) is 2. The number of sulfonamides is 1. The van der Waals surface area contributed by atoms with Gasteiger partial charge in [-0.1, -0.05) is 0 Å². The number of methoxy groups -OCH3 is 1. The summed E-state index contributed by atoms with van der Waals surface area (Å²) in [5, 5.41) is 0. The molecule has 3 rings (SSSR count). The van der Waals surface area contributed by atoms with E-state index in [-0.39, 0.29) is 43.6 Å². The van der Waals surface area contributed by atoms with Gasteiger partial charge in [0.2, 0.25) is 15.9 Å². The highest BCUT2D eigenvalue weighted by atomic mass is 32.2. The van der Waals surface area contributed by atoms with Crippen LogP contribution in [0.3, 0.4) is 0 Å². The minimum atomic E-state index is -3.72. The van der Waals surface area contributed by atoms with Crippen LogP contribution >= 0.6 is 0 Å². The van der Waals surface area contributed by atoms with E-state index in [2.05, 4.69) is 9.97 Å². The third kappa shape index (κ3) is 3.51. The number of nitrogens with two attached hydrogens (primary N) is 1. The van der Waals surface area contributed by atoms with Gasteiger partial charge >= 0.3 is 5.69 Å². The van der Waals surface area contributed by atoms with Gasteiger partial charge in [0.15, 0.2) is 0 Å². The molecule has 2 aromatic rings. The maximum Gasteiger partial charge on any atom is 0.323 e. The van der Waals surface area contributed by atoms with E-state index in [1.54, 1.807) is 11.0 Å². The number of H-pyrrole nitrogens is 2. The van der Waals surface area contributed by atoms with Crippen molar-refractivity contribution < 1.29 is 17.9 Å². The molecule has 0 radical (unpaired) electrons. The SMILES string of the molecule is COCC(N)C(=O)N1CCN(S(=O)(=O)c2ccc3[nH]c(=O)[nH]c3c2)CC1. The van der Waals surface area contributed by atoms with Crippen LogP contribution in [0.2, 0.25) is 0 Å². The first-order chi connectivity index (χ1) is 12.3. The maximum atomic E-state index is 12.8. The Bertz CT molecular complexity index is 958. The molecule has 1 saturated heterocycles. The van der Waals surface area contributed by atoms with Gasteiger partial charge in [-0.2, -0.15) is 4.31 Å². The molecule has 1 amide bonds. The third-order valence-corrected chi connectivity index (χ3v) is 6.23. The number of rotatable bonds is 5. The minimum Gasteiger partial charge on any atom is -0.383 e. The molecule has 1 aromatic carbocycles. The number of hydrogen-bond donors (Lipinski definition) is 3. The van der Waals surface area contributed by atoms with Crippen molar-refractivity contribution in [3.05, 3.63) is 28.7 Å². The van der Waals surface area contributed by atoms with Crippen molar-refractivity contribution in [1.29, 1.82) is 0 Å². The summed E-state index contributed by atoms with van der Waals surface area (Å²) < 4.78 is 31.9. The van der Waals surface area contributed by atoms with E-state index in [4.69, 9.17) is 10.5 Å². The van der Waals surface area contributed by atoms with Gasteiger partial charge < -0.3 is 25.3 Å². The monoisotopic (exact) mass is 383 g/mol. The van der Waals surface area contributed by atoms with Crippen molar-refractivity contribution in [3.8, 4) is 0 Å². The second-order valence-corrected chi connectivity index (χ2v) is 8.02. The first-order valence-corrected chi connectivity index (χ1v) is 9.52. The van der Waals surface area contributed by atoms with E-state index in [0.717, 1.165) is 0 Å². The van der Waals surface area contributed by atoms with Gasteiger partial charge in [0.05, 0.1) is 22.5 Å². The molecule has 26 heavy (non-hydrogen) atoms. The number of benzene rings is 1. The summed E-state index contributed by atoms with van der Waals surface area (Å²) in [7, 11) is -2.26. The predicted octanol–water partition coefficient (Wildman–Crippen LogP) is -1.34. The molecule has 0 spiro atoms. The van der Waals surface area contributed by atoms with Crippen LogP contribution in [0.5, 0.6) is 0 Å². The number of hydrogen-bond acceptors (Lipinski definition) is 6. The summed E-state index contributed by atoms with van der Waals surface area (Å²) in [6.45, 7) is 0.995. The summed E-state index contributed by atoms with van der Waals surface area (Å²) in [5.41, 5.74) is 6.32. The summed E-state index contributed by atoms with van der Waals surface area (Å²) in [4.78, 5) is 30.3. The molecule has 11 heteroatoms. The van der Waals surface area contributed by atoms with Gasteiger partial charge in [-0.3, -0.25) is 4.79 Å². The molecule has 0 aliphatic carbocycles. The van der Waals surface area contributed by atoms with Crippen molar-refractivity contribution in [2.75, 3.05) is 39.9 Å². The number of aromatic amines is 2. The van der Waals surface area contributed by atoms with Gasteiger partial charge in [-0.15, -0.1) is 0 Å². The fourth-order valence-corrected chi connectivity index (χ4v) is 4.40. The number of fused-ring (bicyclic) bond motifs is 1. The van der Waals surface area contributed by atoms with Crippen molar-refractivity contribution in [1.82, 2.24) is 19.2 Å². The van der Waals surface area contributed by atoms with Crippen LogP contribution in [-0.4, -0.2) is 79.4 Å². The van der Waals surface area contributed by atoms with Gasteiger partial charge in [-0.25, -0.2) is 13.2 Å². The first-order valence-electron chi connectivity index (χ1n) is 8.08. The lowest BCUT2D eigenvalue weighted by Gasteiger charge is -2.35. The van der Waals surface area contributed by atoms with E-state index < -0.39 is 21.8 Å². The number of aromatic nitrogens is 2. The Kier molecular flexibility index (Phi) is 5.14.